The Kier molecular flexibility index (Phi) is 7.04. The minimum absolute atomic E-state index is 0.252. The number of carbonyl (C=O) groups excluding carboxylic acids is 2. The molecule has 0 spiro atoms. The van der Waals surface area contributed by atoms with E-state index in [0.29, 0.717) is 7.11 Å². The van der Waals surface area contributed by atoms with Crippen molar-refractivity contribution in [2.24, 2.45) is 4.99 Å². The summed E-state index contributed by atoms with van der Waals surface area (Å²) in [6.07, 6.45) is -5.24. The molecule has 0 N–H and O–H groups in total. The Labute approximate surface area is 112 Å². The quantitative estimate of drug-likeness (QED) is 0.424. The predicted molar refractivity (Wildman–Crippen MR) is 61.8 cm³/mol. The number of ether oxygens (including phenoxy) is 1. The standard InChI is InChI=1S/C9H13F3NO6P/c1-4-18-20(16,19-5-2)8(15)13-6(7(14)17-3)9(10,11)12/h4-5H2,1-3H3/b13-6+. The third-order valence-electron chi connectivity index (χ3n) is 1.69. The van der Waals surface area contributed by atoms with Crippen LogP contribution < -0.4 is 0 Å². The lowest BCUT2D eigenvalue weighted by Crippen LogP contribution is -2.33. The number of alkyl halides is 3. The van der Waals surface area contributed by atoms with Gasteiger partial charge in [-0.3, -0.25) is 4.79 Å². The molecular weight excluding hydrogens is 306 g/mol. The molecule has 0 aliphatic carbocycles. The van der Waals surface area contributed by atoms with Gasteiger partial charge >= 0.3 is 25.4 Å². The number of esters is 1. The first-order chi connectivity index (χ1) is 9.12. The Morgan fingerprint density at radius 3 is 1.90 bits per heavy atom. The second-order valence-corrected chi connectivity index (χ2v) is 4.96. The van der Waals surface area contributed by atoms with Crippen molar-refractivity contribution in [1.82, 2.24) is 0 Å². The Balaban J connectivity index is 5.57. The molecule has 0 unspecified atom stereocenters. The van der Waals surface area contributed by atoms with Gasteiger partial charge in [0.05, 0.1) is 20.3 Å². The third kappa shape index (κ3) is 5.03. The normalized spacial score (nSPS) is 13.2. The Bertz CT molecular complexity index is 437. The lowest BCUT2D eigenvalue weighted by Gasteiger charge is -2.14. The molecule has 0 bridgehead atoms. The number of rotatable bonds is 6. The average Bonchev–Trinajstić information content (AvgIpc) is 2.33. The summed E-state index contributed by atoms with van der Waals surface area (Å²) >= 11 is 0. The zero-order chi connectivity index (χ0) is 16.0. The molecule has 0 saturated heterocycles. The highest BCUT2D eigenvalue weighted by Crippen LogP contribution is 2.50. The molecule has 0 aliphatic heterocycles. The van der Waals surface area contributed by atoms with Crippen molar-refractivity contribution in [2.75, 3.05) is 20.3 Å². The van der Waals surface area contributed by atoms with E-state index >= 15 is 0 Å². The molecule has 116 valence electrons. The second-order valence-electron chi connectivity index (χ2n) is 3.07. The average molecular weight is 319 g/mol. The summed E-state index contributed by atoms with van der Waals surface area (Å²) in [6.45, 7) is 2.21. The van der Waals surface area contributed by atoms with Gasteiger partial charge in [-0.1, -0.05) is 0 Å². The molecule has 0 aromatic rings. The van der Waals surface area contributed by atoms with Crippen molar-refractivity contribution < 1.29 is 41.1 Å². The van der Waals surface area contributed by atoms with E-state index in [0.717, 1.165) is 0 Å². The van der Waals surface area contributed by atoms with Gasteiger partial charge in [-0.2, -0.15) is 18.2 Å². The van der Waals surface area contributed by atoms with E-state index < -0.39 is 31.1 Å². The number of hydrogen-bond acceptors (Lipinski definition) is 6. The van der Waals surface area contributed by atoms with E-state index in [1.807, 2.05) is 0 Å². The number of nitrogens with zero attached hydrogens (tertiary/aromatic N) is 1. The van der Waals surface area contributed by atoms with Crippen molar-refractivity contribution >= 4 is 24.9 Å². The van der Waals surface area contributed by atoms with Crippen molar-refractivity contribution in [1.29, 1.82) is 0 Å². The molecule has 0 radical (unpaired) electrons. The van der Waals surface area contributed by atoms with E-state index in [9.17, 15) is 27.3 Å². The van der Waals surface area contributed by atoms with Crippen LogP contribution in [0, 0.1) is 0 Å². The Morgan fingerprint density at radius 2 is 1.60 bits per heavy atom. The lowest BCUT2D eigenvalue weighted by atomic mass is 10.4. The van der Waals surface area contributed by atoms with Crippen LogP contribution in [0.15, 0.2) is 4.99 Å². The molecule has 0 atom stereocenters. The fourth-order valence-electron chi connectivity index (χ4n) is 0.966. The maximum atomic E-state index is 12.5. The maximum absolute atomic E-state index is 12.5. The smallest absolute Gasteiger partial charge is 0.440 e. The van der Waals surface area contributed by atoms with E-state index in [2.05, 4.69) is 18.8 Å². The first kappa shape index (κ1) is 18.8. The zero-order valence-electron chi connectivity index (χ0n) is 10.9. The molecule has 20 heavy (non-hydrogen) atoms. The van der Waals surface area contributed by atoms with Gasteiger partial charge in [-0.25, -0.2) is 9.36 Å². The first-order valence-electron chi connectivity index (χ1n) is 5.30. The van der Waals surface area contributed by atoms with E-state index in [4.69, 9.17) is 0 Å². The van der Waals surface area contributed by atoms with Crippen LogP contribution in [0.5, 0.6) is 0 Å². The van der Waals surface area contributed by atoms with Crippen LogP contribution in [0.3, 0.4) is 0 Å². The topological polar surface area (TPSA) is 91.3 Å². The maximum Gasteiger partial charge on any atom is 0.440 e. The molecular formula is C9H13F3NO6P. The van der Waals surface area contributed by atoms with Crippen LogP contribution in [0.1, 0.15) is 13.8 Å². The highest BCUT2D eigenvalue weighted by atomic mass is 31.2. The zero-order valence-corrected chi connectivity index (χ0v) is 11.8. The summed E-state index contributed by atoms with van der Waals surface area (Å²) in [5.41, 5.74) is -3.96. The van der Waals surface area contributed by atoms with Crippen molar-refractivity contribution in [3.05, 3.63) is 0 Å². The summed E-state index contributed by atoms with van der Waals surface area (Å²) in [5, 5.41) is 0. The van der Waals surface area contributed by atoms with Crippen molar-refractivity contribution in [3.63, 3.8) is 0 Å². The van der Waals surface area contributed by atoms with Gasteiger partial charge in [-0.15, -0.1) is 0 Å². The Morgan fingerprint density at radius 1 is 1.15 bits per heavy atom. The SMILES string of the molecule is CCOP(=O)(OCC)C(=O)/N=C(\C(=O)OC)C(F)(F)F. The van der Waals surface area contributed by atoms with Crippen LogP contribution >= 0.6 is 7.60 Å². The first-order valence-corrected chi connectivity index (χ1v) is 6.84. The van der Waals surface area contributed by atoms with Gasteiger partial charge in [0, 0.05) is 0 Å². The summed E-state index contributed by atoms with van der Waals surface area (Å²) in [7, 11) is -3.84. The summed E-state index contributed by atoms with van der Waals surface area (Å²) in [5.74, 6) is -1.88. The van der Waals surface area contributed by atoms with Gasteiger partial charge in [0.1, 0.15) is 0 Å². The molecule has 0 saturated carbocycles. The van der Waals surface area contributed by atoms with Crippen LogP contribution in [-0.2, 0) is 23.1 Å². The second kappa shape index (κ2) is 7.51. The fraction of sp³-hybridized carbons (Fsp3) is 0.667. The number of aliphatic imine (C=N–C) groups is 1. The highest BCUT2D eigenvalue weighted by Gasteiger charge is 2.45. The van der Waals surface area contributed by atoms with Crippen molar-refractivity contribution in [3.8, 4) is 0 Å². The van der Waals surface area contributed by atoms with Gasteiger partial charge in [0.15, 0.2) is 0 Å². The molecule has 0 fully saturated rings. The van der Waals surface area contributed by atoms with Crippen LogP contribution in [0.4, 0.5) is 18.0 Å². The van der Waals surface area contributed by atoms with E-state index in [-0.39, 0.29) is 13.2 Å². The van der Waals surface area contributed by atoms with Gasteiger partial charge in [0.2, 0.25) is 5.71 Å². The number of methoxy groups -OCH3 is 1. The van der Waals surface area contributed by atoms with E-state index in [1.54, 1.807) is 0 Å². The molecule has 1 amide bonds. The monoisotopic (exact) mass is 319 g/mol. The number of halogens is 3. The molecule has 0 aliphatic rings. The minimum atomic E-state index is -5.24. The minimum Gasteiger partial charge on any atom is -0.464 e. The van der Waals surface area contributed by atoms with Gasteiger partial charge < -0.3 is 13.8 Å². The van der Waals surface area contributed by atoms with Crippen molar-refractivity contribution in [2.45, 2.75) is 20.0 Å². The summed E-state index contributed by atoms with van der Waals surface area (Å²) in [6, 6.07) is 0. The third-order valence-corrected chi connectivity index (χ3v) is 3.45. The molecule has 0 aromatic carbocycles. The molecule has 11 heteroatoms. The molecule has 0 rings (SSSR count). The largest absolute Gasteiger partial charge is 0.464 e. The molecule has 7 nitrogen and oxygen atoms in total. The van der Waals surface area contributed by atoms with Crippen LogP contribution in [0.2, 0.25) is 0 Å². The fourth-order valence-corrected chi connectivity index (χ4v) is 2.16. The Hall–Kier alpha value is -1.25. The van der Waals surface area contributed by atoms with Crippen LogP contribution in [0.25, 0.3) is 0 Å². The number of hydrogen-bond donors (Lipinski definition) is 0. The predicted octanol–water partition coefficient (Wildman–Crippen LogP) is 2.55. The molecule has 0 aromatic heterocycles. The summed E-state index contributed by atoms with van der Waals surface area (Å²) in [4.78, 5) is 24.9. The van der Waals surface area contributed by atoms with Gasteiger partial charge in [-0.05, 0) is 13.8 Å². The summed E-state index contributed by atoms with van der Waals surface area (Å²) < 4.78 is 62.3. The number of amides is 1. The number of carbonyl (C=O) groups is 2. The van der Waals surface area contributed by atoms with Gasteiger partial charge in [0.25, 0.3) is 0 Å². The lowest BCUT2D eigenvalue weighted by molar-refractivity contribution is -0.137. The van der Waals surface area contributed by atoms with E-state index in [1.165, 1.54) is 13.8 Å². The highest BCUT2D eigenvalue weighted by molar-refractivity contribution is 7.71. The van der Waals surface area contributed by atoms with Crippen LogP contribution in [-0.4, -0.2) is 43.8 Å². The molecule has 0 heterocycles.